The van der Waals surface area contributed by atoms with Gasteiger partial charge in [0.15, 0.2) is 0 Å². The van der Waals surface area contributed by atoms with Gasteiger partial charge in [-0.3, -0.25) is 10.5 Å². The molecule has 4 N–H and O–H groups in total. The van der Waals surface area contributed by atoms with Crippen molar-refractivity contribution in [1.29, 1.82) is 0 Å². The van der Waals surface area contributed by atoms with Gasteiger partial charge in [-0.1, -0.05) is 30.3 Å². The number of aromatic amines is 1. The summed E-state index contributed by atoms with van der Waals surface area (Å²) in [7, 11) is 0. The highest BCUT2D eigenvalue weighted by Gasteiger charge is 2.28. The number of H-pyrrole nitrogens is 1. The van der Waals surface area contributed by atoms with Crippen molar-refractivity contribution in [2.24, 2.45) is 0 Å². The first-order valence-corrected chi connectivity index (χ1v) is 7.16. The number of pyridine rings is 1. The fourth-order valence-corrected chi connectivity index (χ4v) is 3.83. The largest absolute Gasteiger partial charge is 0.344 e. The second-order valence-corrected chi connectivity index (χ2v) is 5.85. The van der Waals surface area contributed by atoms with Crippen LogP contribution in [0.15, 0.2) is 36.4 Å². The number of anilines is 1. The van der Waals surface area contributed by atoms with E-state index in [1.165, 1.54) is 0 Å². The smallest absolute Gasteiger partial charge is 0.279 e. The van der Waals surface area contributed by atoms with Crippen molar-refractivity contribution in [1.82, 2.24) is 5.32 Å². The summed E-state index contributed by atoms with van der Waals surface area (Å²) in [6, 6.07) is 12.2. The van der Waals surface area contributed by atoms with Crippen LogP contribution in [0, 0.1) is 0 Å². The number of nitrogens with one attached hydrogen (secondary N) is 2. The fraction of sp³-hybridized carbons (Fsp3) is 0.0667. The number of amides is 1. The van der Waals surface area contributed by atoms with Gasteiger partial charge in [0.1, 0.15) is 11.3 Å². The number of benzene rings is 1. The molecule has 0 spiro atoms. The van der Waals surface area contributed by atoms with Gasteiger partial charge in [0.05, 0.1) is 16.6 Å². The summed E-state index contributed by atoms with van der Waals surface area (Å²) in [5.74, 6) is 0.594. The molecule has 98 valence electrons. The van der Waals surface area contributed by atoms with Gasteiger partial charge in [0, 0.05) is 4.88 Å². The number of carbonyl (C=O) groups is 1. The van der Waals surface area contributed by atoms with Crippen molar-refractivity contribution < 1.29 is 9.78 Å². The van der Waals surface area contributed by atoms with Gasteiger partial charge in [-0.15, -0.1) is 11.3 Å². The average Bonchev–Trinajstić information content (AvgIpc) is 3.04. The maximum absolute atomic E-state index is 12.0. The molecule has 1 aliphatic heterocycles. The Balaban J connectivity index is 2.03. The number of nitrogen functional groups attached to an aromatic ring is 1. The van der Waals surface area contributed by atoms with E-state index in [-0.39, 0.29) is 5.91 Å². The third-order valence-corrected chi connectivity index (χ3v) is 4.75. The summed E-state index contributed by atoms with van der Waals surface area (Å²) in [5, 5.41) is 3.76. The van der Waals surface area contributed by atoms with Gasteiger partial charge in [-0.2, -0.15) is 0 Å². The van der Waals surface area contributed by atoms with E-state index in [2.05, 4.69) is 22.4 Å². The summed E-state index contributed by atoms with van der Waals surface area (Å²) in [6.07, 6.45) is 0. The summed E-state index contributed by atoms with van der Waals surface area (Å²) in [5.41, 5.74) is 8.83. The molecule has 1 aliphatic rings. The van der Waals surface area contributed by atoms with Crippen LogP contribution in [0.2, 0.25) is 0 Å². The molecular formula is C15H12N3OS+. The number of thiophene rings is 1. The van der Waals surface area contributed by atoms with Crippen LogP contribution < -0.4 is 16.0 Å². The summed E-state index contributed by atoms with van der Waals surface area (Å²) in [6.45, 7) is 0.521. The highest BCUT2D eigenvalue weighted by Crippen LogP contribution is 2.38. The molecule has 0 unspecified atom stereocenters. The van der Waals surface area contributed by atoms with E-state index in [4.69, 9.17) is 5.73 Å². The molecule has 5 heteroatoms. The van der Waals surface area contributed by atoms with Crippen molar-refractivity contribution in [2.45, 2.75) is 6.54 Å². The normalized spacial score (nSPS) is 13.5. The van der Waals surface area contributed by atoms with Crippen LogP contribution in [0.1, 0.15) is 16.1 Å². The molecule has 0 bridgehead atoms. The number of aromatic nitrogens is 1. The zero-order chi connectivity index (χ0) is 13.7. The Hall–Kier alpha value is -2.40. The quantitative estimate of drug-likeness (QED) is 0.718. The van der Waals surface area contributed by atoms with E-state index >= 15 is 0 Å². The molecule has 0 fully saturated rings. The standard InChI is InChI=1S/C15H11N3OS/c16-14-9-6-11(8-4-2-1-3-5-8)20-13(9)12-10(18-14)7-17-15(12)19/h1-6H,7H2,(H2,16,18)(H,17,19)/p+1. The van der Waals surface area contributed by atoms with Crippen molar-refractivity contribution in [2.75, 3.05) is 5.73 Å². The minimum Gasteiger partial charge on any atom is -0.344 e. The van der Waals surface area contributed by atoms with Gasteiger partial charge in [0.2, 0.25) is 0 Å². The fourth-order valence-electron chi connectivity index (χ4n) is 2.58. The minimum absolute atomic E-state index is 0.0253. The van der Waals surface area contributed by atoms with Gasteiger partial charge in [-0.25, -0.2) is 4.98 Å². The summed E-state index contributed by atoms with van der Waals surface area (Å²) < 4.78 is 0.963. The van der Waals surface area contributed by atoms with Crippen LogP contribution in [0.4, 0.5) is 5.82 Å². The molecule has 0 atom stereocenters. The third kappa shape index (κ3) is 1.53. The van der Waals surface area contributed by atoms with Crippen molar-refractivity contribution in [3.05, 3.63) is 47.7 Å². The van der Waals surface area contributed by atoms with Gasteiger partial charge >= 0.3 is 0 Å². The van der Waals surface area contributed by atoms with E-state index in [1.54, 1.807) is 11.3 Å². The predicted octanol–water partition coefficient (Wildman–Crippen LogP) is 2.21. The Kier molecular flexibility index (Phi) is 2.31. The first kappa shape index (κ1) is 11.4. The molecule has 0 aliphatic carbocycles. The summed E-state index contributed by atoms with van der Waals surface area (Å²) in [4.78, 5) is 16.2. The van der Waals surface area contributed by atoms with Crippen LogP contribution in [0.5, 0.6) is 0 Å². The Morgan fingerprint density at radius 1 is 1.25 bits per heavy atom. The second kappa shape index (κ2) is 4.05. The molecule has 3 heterocycles. The van der Waals surface area contributed by atoms with Crippen LogP contribution in [-0.2, 0) is 6.54 Å². The van der Waals surface area contributed by atoms with E-state index < -0.39 is 0 Å². The lowest BCUT2D eigenvalue weighted by Gasteiger charge is -1.96. The Morgan fingerprint density at radius 2 is 2.05 bits per heavy atom. The highest BCUT2D eigenvalue weighted by molar-refractivity contribution is 7.22. The summed E-state index contributed by atoms with van der Waals surface area (Å²) >= 11 is 1.61. The number of rotatable bonds is 1. The average molecular weight is 282 g/mol. The monoisotopic (exact) mass is 282 g/mol. The third-order valence-electron chi connectivity index (χ3n) is 3.55. The number of hydrogen-bond acceptors (Lipinski definition) is 3. The topological polar surface area (TPSA) is 69.3 Å². The number of nitrogens with two attached hydrogens (primary N) is 1. The van der Waals surface area contributed by atoms with Crippen LogP contribution in [0.3, 0.4) is 0 Å². The SMILES string of the molecule is Nc1[nH+]c2c(c3sc(-c4ccccc4)cc13)C(=O)NC2. The molecule has 0 saturated heterocycles. The lowest BCUT2D eigenvalue weighted by Crippen LogP contribution is -2.17. The molecule has 3 aromatic rings. The van der Waals surface area contributed by atoms with Crippen LogP contribution in [-0.4, -0.2) is 5.91 Å². The molecule has 1 aromatic carbocycles. The first-order valence-electron chi connectivity index (χ1n) is 6.35. The zero-order valence-electron chi connectivity index (χ0n) is 10.6. The van der Waals surface area contributed by atoms with E-state index in [1.807, 2.05) is 24.3 Å². The van der Waals surface area contributed by atoms with E-state index in [9.17, 15) is 4.79 Å². The van der Waals surface area contributed by atoms with Crippen molar-refractivity contribution in [3.63, 3.8) is 0 Å². The zero-order valence-corrected chi connectivity index (χ0v) is 11.4. The predicted molar refractivity (Wildman–Crippen MR) is 79.4 cm³/mol. The molecule has 0 radical (unpaired) electrons. The Bertz CT molecular complexity index is 839. The van der Waals surface area contributed by atoms with Gasteiger partial charge < -0.3 is 5.32 Å². The molecule has 4 rings (SSSR count). The van der Waals surface area contributed by atoms with Crippen molar-refractivity contribution >= 4 is 33.1 Å². The maximum Gasteiger partial charge on any atom is 0.279 e. The molecule has 0 saturated carbocycles. The molecule has 2 aromatic heterocycles. The van der Waals surface area contributed by atoms with Gasteiger partial charge in [0.25, 0.3) is 11.7 Å². The minimum atomic E-state index is -0.0253. The van der Waals surface area contributed by atoms with Crippen LogP contribution >= 0.6 is 11.3 Å². The lowest BCUT2D eigenvalue weighted by molar-refractivity contribution is -0.370. The molecule has 4 nitrogen and oxygen atoms in total. The number of hydrogen-bond donors (Lipinski definition) is 2. The van der Waals surface area contributed by atoms with E-state index in [0.717, 1.165) is 31.8 Å². The molecule has 20 heavy (non-hydrogen) atoms. The van der Waals surface area contributed by atoms with Crippen molar-refractivity contribution in [3.8, 4) is 10.4 Å². The highest BCUT2D eigenvalue weighted by atomic mass is 32.1. The Labute approximate surface area is 119 Å². The maximum atomic E-state index is 12.0. The second-order valence-electron chi connectivity index (χ2n) is 4.79. The lowest BCUT2D eigenvalue weighted by atomic mass is 10.1. The van der Waals surface area contributed by atoms with E-state index in [0.29, 0.717) is 12.4 Å². The molecule has 1 amide bonds. The Morgan fingerprint density at radius 3 is 2.85 bits per heavy atom. The number of carbonyl (C=O) groups excluding carboxylic acids is 1. The molecular weight excluding hydrogens is 270 g/mol. The van der Waals surface area contributed by atoms with Gasteiger partial charge in [-0.05, 0) is 11.6 Å². The number of fused-ring (bicyclic) bond motifs is 3. The first-order chi connectivity index (χ1) is 9.74. The van der Waals surface area contributed by atoms with Crippen LogP contribution in [0.25, 0.3) is 20.5 Å².